The second-order valence-electron chi connectivity index (χ2n) is 7.97. The molecule has 0 saturated carbocycles. The second-order valence-corrected chi connectivity index (χ2v) is 9.00. The molecule has 1 aliphatic rings. The van der Waals surface area contributed by atoms with E-state index in [4.69, 9.17) is 9.97 Å². The summed E-state index contributed by atoms with van der Waals surface area (Å²) in [5, 5.41) is 10.2. The molecule has 0 amide bonds. The standard InChI is InChI=1S/C25H23N5S/c26-13-10-21-20(24-28-22-8-4-5-9-23(22)31-24)17-27-25(29-21)30-14-11-19(12-15-30)16-18-6-2-1-3-7-18/h1-9,17,19H,10-12,14-16H2. The maximum absolute atomic E-state index is 9.37. The highest BCUT2D eigenvalue weighted by molar-refractivity contribution is 7.21. The van der Waals surface area contributed by atoms with Gasteiger partial charge in [0.05, 0.1) is 34.0 Å². The van der Waals surface area contributed by atoms with Crippen molar-refractivity contribution in [3.8, 4) is 16.6 Å². The van der Waals surface area contributed by atoms with Crippen LogP contribution in [0.4, 0.5) is 5.95 Å². The van der Waals surface area contributed by atoms with Crippen molar-refractivity contribution >= 4 is 27.5 Å². The maximum atomic E-state index is 9.37. The van der Waals surface area contributed by atoms with E-state index in [1.807, 2.05) is 24.4 Å². The summed E-state index contributed by atoms with van der Waals surface area (Å²) in [6, 6.07) is 21.1. The molecule has 1 fully saturated rings. The molecule has 0 bridgehead atoms. The molecular formula is C25H23N5S. The molecule has 0 atom stereocenters. The van der Waals surface area contributed by atoms with Crippen LogP contribution in [0.1, 0.15) is 24.1 Å². The van der Waals surface area contributed by atoms with Crippen LogP contribution in [-0.4, -0.2) is 28.0 Å². The molecule has 1 saturated heterocycles. The van der Waals surface area contributed by atoms with E-state index in [0.717, 1.165) is 64.8 Å². The van der Waals surface area contributed by atoms with Crippen LogP contribution in [0.25, 0.3) is 20.8 Å². The lowest BCUT2D eigenvalue weighted by Gasteiger charge is -2.32. The molecule has 0 N–H and O–H groups in total. The Morgan fingerprint density at radius 2 is 1.77 bits per heavy atom. The summed E-state index contributed by atoms with van der Waals surface area (Å²) in [6.07, 6.45) is 5.50. The Kier molecular flexibility index (Phi) is 5.59. The van der Waals surface area contributed by atoms with Crippen molar-refractivity contribution in [2.24, 2.45) is 5.92 Å². The number of nitriles is 1. The lowest BCUT2D eigenvalue weighted by Crippen LogP contribution is -2.35. The van der Waals surface area contributed by atoms with Gasteiger partial charge in [-0.05, 0) is 42.9 Å². The van der Waals surface area contributed by atoms with Crippen molar-refractivity contribution in [2.45, 2.75) is 25.7 Å². The van der Waals surface area contributed by atoms with Crippen LogP contribution < -0.4 is 4.90 Å². The van der Waals surface area contributed by atoms with Gasteiger partial charge in [0.2, 0.25) is 5.95 Å². The van der Waals surface area contributed by atoms with E-state index in [0.29, 0.717) is 5.92 Å². The predicted molar refractivity (Wildman–Crippen MR) is 125 cm³/mol. The number of thiazole rings is 1. The van der Waals surface area contributed by atoms with Gasteiger partial charge in [0.1, 0.15) is 5.01 Å². The van der Waals surface area contributed by atoms with E-state index >= 15 is 0 Å². The van der Waals surface area contributed by atoms with Crippen molar-refractivity contribution in [3.63, 3.8) is 0 Å². The molecule has 3 heterocycles. The molecule has 0 unspecified atom stereocenters. The summed E-state index contributed by atoms with van der Waals surface area (Å²) in [5.41, 5.74) is 4.01. The van der Waals surface area contributed by atoms with Gasteiger partial charge in [-0.3, -0.25) is 0 Å². The zero-order valence-electron chi connectivity index (χ0n) is 17.2. The van der Waals surface area contributed by atoms with E-state index in [2.05, 4.69) is 52.4 Å². The number of nitrogens with zero attached hydrogens (tertiary/aromatic N) is 5. The Morgan fingerprint density at radius 3 is 2.55 bits per heavy atom. The molecule has 1 aliphatic heterocycles. The van der Waals surface area contributed by atoms with Crippen LogP contribution in [0.15, 0.2) is 60.8 Å². The summed E-state index contributed by atoms with van der Waals surface area (Å²) in [6.45, 7) is 1.90. The fourth-order valence-electron chi connectivity index (χ4n) is 4.22. The highest BCUT2D eigenvalue weighted by atomic mass is 32.1. The Hall–Kier alpha value is -3.30. The van der Waals surface area contributed by atoms with E-state index < -0.39 is 0 Å². The molecule has 5 nitrogen and oxygen atoms in total. The average molecular weight is 426 g/mol. The number of hydrogen-bond donors (Lipinski definition) is 0. The van der Waals surface area contributed by atoms with Crippen LogP contribution in [0.5, 0.6) is 0 Å². The smallest absolute Gasteiger partial charge is 0.225 e. The zero-order chi connectivity index (χ0) is 21.0. The first-order valence-corrected chi connectivity index (χ1v) is 11.5. The van der Waals surface area contributed by atoms with E-state index in [9.17, 15) is 5.26 Å². The number of hydrogen-bond acceptors (Lipinski definition) is 6. The maximum Gasteiger partial charge on any atom is 0.225 e. The van der Waals surface area contributed by atoms with Crippen LogP contribution >= 0.6 is 11.3 Å². The third-order valence-electron chi connectivity index (χ3n) is 5.89. The van der Waals surface area contributed by atoms with E-state index in [-0.39, 0.29) is 6.42 Å². The Labute approximate surface area is 186 Å². The molecule has 31 heavy (non-hydrogen) atoms. The Morgan fingerprint density at radius 1 is 1.00 bits per heavy atom. The normalized spacial score (nSPS) is 14.6. The number of piperidine rings is 1. The van der Waals surface area contributed by atoms with Crippen LogP contribution in [0, 0.1) is 17.2 Å². The lowest BCUT2D eigenvalue weighted by molar-refractivity contribution is 0.400. The van der Waals surface area contributed by atoms with Gasteiger partial charge >= 0.3 is 0 Å². The van der Waals surface area contributed by atoms with Gasteiger partial charge in [-0.2, -0.15) is 5.26 Å². The topological polar surface area (TPSA) is 65.7 Å². The number of benzene rings is 2. The Balaban J connectivity index is 1.33. The Bertz CT molecular complexity index is 1190. The monoisotopic (exact) mass is 425 g/mol. The third kappa shape index (κ3) is 4.28. The van der Waals surface area contributed by atoms with Crippen molar-refractivity contribution in [2.75, 3.05) is 18.0 Å². The van der Waals surface area contributed by atoms with Crippen molar-refractivity contribution in [1.29, 1.82) is 5.26 Å². The molecular weight excluding hydrogens is 402 g/mol. The van der Waals surface area contributed by atoms with E-state index in [1.165, 1.54) is 5.56 Å². The highest BCUT2D eigenvalue weighted by Crippen LogP contribution is 2.32. The first-order valence-electron chi connectivity index (χ1n) is 10.7. The molecule has 0 aliphatic carbocycles. The van der Waals surface area contributed by atoms with Crippen molar-refractivity contribution in [1.82, 2.24) is 15.0 Å². The fraction of sp³-hybridized carbons (Fsp3) is 0.280. The largest absolute Gasteiger partial charge is 0.341 e. The van der Waals surface area contributed by atoms with Crippen LogP contribution in [-0.2, 0) is 12.8 Å². The molecule has 154 valence electrons. The van der Waals surface area contributed by atoms with Gasteiger partial charge in [-0.25, -0.2) is 15.0 Å². The molecule has 4 aromatic rings. The summed E-state index contributed by atoms with van der Waals surface area (Å²) >= 11 is 1.62. The molecule has 0 spiro atoms. The second kappa shape index (κ2) is 8.83. The van der Waals surface area contributed by atoms with Crippen molar-refractivity contribution < 1.29 is 0 Å². The average Bonchev–Trinajstić information content (AvgIpc) is 3.25. The summed E-state index contributed by atoms with van der Waals surface area (Å²) < 4.78 is 1.13. The first-order chi connectivity index (χ1) is 15.3. The van der Waals surface area contributed by atoms with Crippen LogP contribution in [0.2, 0.25) is 0 Å². The zero-order valence-corrected chi connectivity index (χ0v) is 18.1. The number of para-hydroxylation sites is 1. The summed E-state index contributed by atoms with van der Waals surface area (Å²) in [4.78, 5) is 16.5. The molecule has 0 radical (unpaired) electrons. The highest BCUT2D eigenvalue weighted by Gasteiger charge is 2.22. The minimum Gasteiger partial charge on any atom is -0.341 e. The number of fused-ring (bicyclic) bond motifs is 1. The number of aromatic nitrogens is 3. The lowest BCUT2D eigenvalue weighted by atomic mass is 9.90. The van der Waals surface area contributed by atoms with Gasteiger partial charge in [-0.15, -0.1) is 11.3 Å². The predicted octanol–water partition coefficient (Wildman–Crippen LogP) is 5.28. The number of rotatable bonds is 5. The summed E-state index contributed by atoms with van der Waals surface area (Å²) in [5.74, 6) is 1.42. The van der Waals surface area contributed by atoms with Crippen molar-refractivity contribution in [3.05, 3.63) is 72.1 Å². The quantitative estimate of drug-likeness (QED) is 0.435. The minimum absolute atomic E-state index is 0.255. The fourth-order valence-corrected chi connectivity index (χ4v) is 5.22. The van der Waals surface area contributed by atoms with Gasteiger partial charge in [0, 0.05) is 19.3 Å². The van der Waals surface area contributed by atoms with Crippen LogP contribution in [0.3, 0.4) is 0 Å². The number of anilines is 1. The minimum atomic E-state index is 0.255. The van der Waals surface area contributed by atoms with E-state index in [1.54, 1.807) is 11.3 Å². The van der Waals surface area contributed by atoms with Gasteiger partial charge in [0.15, 0.2) is 0 Å². The molecule has 2 aromatic heterocycles. The SMILES string of the molecule is N#CCc1nc(N2CCC(Cc3ccccc3)CC2)ncc1-c1nc2ccccc2s1. The van der Waals surface area contributed by atoms with Gasteiger partial charge in [-0.1, -0.05) is 42.5 Å². The molecule has 6 heteroatoms. The van der Waals surface area contributed by atoms with Gasteiger partial charge in [0.25, 0.3) is 0 Å². The molecule has 5 rings (SSSR count). The molecule has 2 aromatic carbocycles. The third-order valence-corrected chi connectivity index (χ3v) is 6.96. The first kappa shape index (κ1) is 19.7. The van der Waals surface area contributed by atoms with Gasteiger partial charge < -0.3 is 4.90 Å². The summed E-state index contributed by atoms with van der Waals surface area (Å²) in [7, 11) is 0.